The minimum Gasteiger partial charge on any atom is -0.399 e. The van der Waals surface area contributed by atoms with Crippen molar-refractivity contribution in [2.75, 3.05) is 36.2 Å². The molecule has 0 bridgehead atoms. The van der Waals surface area contributed by atoms with Gasteiger partial charge in [-0.3, -0.25) is 4.98 Å². The highest BCUT2D eigenvalue weighted by Crippen LogP contribution is 2.26. The third-order valence-electron chi connectivity index (χ3n) is 3.00. The van der Waals surface area contributed by atoms with Gasteiger partial charge in [0.15, 0.2) is 0 Å². The number of nitrogens with two attached hydrogens (primary N) is 1. The summed E-state index contributed by atoms with van der Waals surface area (Å²) in [4.78, 5) is 6.66. The molecule has 0 radical (unpaired) electrons. The summed E-state index contributed by atoms with van der Waals surface area (Å²) in [5.74, 6) is 1.19. The molecule has 0 fully saturated rings. The first-order valence-electron chi connectivity index (χ1n) is 6.06. The third kappa shape index (κ3) is 2.88. The number of benzene rings is 1. The van der Waals surface area contributed by atoms with E-state index in [9.17, 15) is 0 Å². The van der Waals surface area contributed by atoms with E-state index in [1.807, 2.05) is 30.1 Å². The zero-order valence-electron chi connectivity index (χ0n) is 10.9. The predicted octanol–water partition coefficient (Wildman–Crippen LogP) is 3.01. The summed E-state index contributed by atoms with van der Waals surface area (Å²) in [7, 11) is 2.13. The van der Waals surface area contributed by atoms with E-state index in [4.69, 9.17) is 5.73 Å². The highest BCUT2D eigenvalue weighted by Gasteiger charge is 2.06. The van der Waals surface area contributed by atoms with Gasteiger partial charge in [-0.1, -0.05) is 0 Å². The van der Waals surface area contributed by atoms with E-state index in [1.54, 1.807) is 0 Å². The van der Waals surface area contributed by atoms with Gasteiger partial charge in [0.1, 0.15) is 0 Å². The van der Waals surface area contributed by atoms with Crippen LogP contribution in [0.3, 0.4) is 0 Å². The zero-order valence-corrected chi connectivity index (χ0v) is 11.7. The van der Waals surface area contributed by atoms with Crippen molar-refractivity contribution in [2.24, 2.45) is 0 Å². The molecular formula is C14H19N3S. The number of pyridine rings is 1. The minimum atomic E-state index is 0.761. The molecule has 0 aliphatic heterocycles. The van der Waals surface area contributed by atoms with Crippen molar-refractivity contribution >= 4 is 34.0 Å². The lowest BCUT2D eigenvalue weighted by Gasteiger charge is -2.20. The molecule has 18 heavy (non-hydrogen) atoms. The molecule has 2 rings (SSSR count). The smallest absolute Gasteiger partial charge is 0.0743 e. The van der Waals surface area contributed by atoms with Gasteiger partial charge in [0.25, 0.3) is 0 Å². The first-order chi connectivity index (χ1) is 8.72. The highest BCUT2D eigenvalue weighted by atomic mass is 32.2. The SMILES string of the molecule is CSCCCN(C)c1ccnc2cc(N)ccc12. The fourth-order valence-corrected chi connectivity index (χ4v) is 2.47. The zero-order chi connectivity index (χ0) is 13.0. The van der Waals surface area contributed by atoms with E-state index in [2.05, 4.69) is 35.3 Å². The van der Waals surface area contributed by atoms with E-state index in [0.29, 0.717) is 0 Å². The van der Waals surface area contributed by atoms with Crippen LogP contribution < -0.4 is 10.6 Å². The van der Waals surface area contributed by atoms with Crippen LogP contribution in [0, 0.1) is 0 Å². The van der Waals surface area contributed by atoms with Crippen LogP contribution in [-0.2, 0) is 0 Å². The van der Waals surface area contributed by atoms with Crippen LogP contribution in [0.5, 0.6) is 0 Å². The lowest BCUT2D eigenvalue weighted by molar-refractivity contribution is 0.863. The number of anilines is 2. The molecular weight excluding hydrogens is 242 g/mol. The van der Waals surface area contributed by atoms with Gasteiger partial charge in [0.2, 0.25) is 0 Å². The number of rotatable bonds is 5. The topological polar surface area (TPSA) is 42.2 Å². The Hall–Kier alpha value is -1.42. The Labute approximate surface area is 112 Å². The number of aromatic nitrogens is 1. The number of fused-ring (bicyclic) bond motifs is 1. The maximum atomic E-state index is 5.79. The van der Waals surface area contributed by atoms with E-state index >= 15 is 0 Å². The Kier molecular flexibility index (Phi) is 4.31. The Morgan fingerprint density at radius 1 is 1.33 bits per heavy atom. The average Bonchev–Trinajstić information content (AvgIpc) is 2.37. The Morgan fingerprint density at radius 3 is 2.94 bits per heavy atom. The number of hydrogen-bond acceptors (Lipinski definition) is 4. The summed E-state index contributed by atoms with van der Waals surface area (Å²) in [5.41, 5.74) is 8.74. The van der Waals surface area contributed by atoms with Gasteiger partial charge in [-0.2, -0.15) is 11.8 Å². The summed E-state index contributed by atoms with van der Waals surface area (Å²) in [6.45, 7) is 1.06. The summed E-state index contributed by atoms with van der Waals surface area (Å²) < 4.78 is 0. The van der Waals surface area contributed by atoms with Crippen LogP contribution in [-0.4, -0.2) is 30.6 Å². The lowest BCUT2D eigenvalue weighted by atomic mass is 10.1. The van der Waals surface area contributed by atoms with Crippen LogP contribution >= 0.6 is 11.8 Å². The Bertz CT molecular complexity index is 527. The normalized spacial score (nSPS) is 10.8. The quantitative estimate of drug-likeness (QED) is 0.663. The van der Waals surface area contributed by atoms with Gasteiger partial charge in [-0.15, -0.1) is 0 Å². The molecule has 96 valence electrons. The molecule has 1 heterocycles. The van der Waals surface area contributed by atoms with Crippen molar-refractivity contribution in [1.29, 1.82) is 0 Å². The molecule has 1 aromatic heterocycles. The van der Waals surface area contributed by atoms with Crippen molar-refractivity contribution in [3.05, 3.63) is 30.5 Å². The molecule has 0 unspecified atom stereocenters. The third-order valence-corrected chi connectivity index (χ3v) is 3.69. The fraction of sp³-hybridized carbons (Fsp3) is 0.357. The molecule has 0 saturated heterocycles. The van der Waals surface area contributed by atoms with Crippen molar-refractivity contribution in [2.45, 2.75) is 6.42 Å². The standard InChI is InChI=1S/C14H19N3S/c1-17(8-3-9-18-2)14-6-7-16-13-10-11(15)4-5-12(13)14/h4-7,10H,3,8-9,15H2,1-2H3. The summed E-state index contributed by atoms with van der Waals surface area (Å²) in [5, 5.41) is 1.17. The second kappa shape index (κ2) is 5.96. The van der Waals surface area contributed by atoms with Crippen LogP contribution in [0.1, 0.15) is 6.42 Å². The summed E-state index contributed by atoms with van der Waals surface area (Å²) >= 11 is 1.89. The molecule has 0 spiro atoms. The monoisotopic (exact) mass is 261 g/mol. The Balaban J connectivity index is 2.27. The summed E-state index contributed by atoms with van der Waals surface area (Å²) in [6, 6.07) is 7.98. The molecule has 4 heteroatoms. The molecule has 2 aromatic rings. The van der Waals surface area contributed by atoms with E-state index in [1.165, 1.54) is 23.2 Å². The van der Waals surface area contributed by atoms with Gasteiger partial charge in [-0.25, -0.2) is 0 Å². The number of hydrogen-bond donors (Lipinski definition) is 1. The maximum absolute atomic E-state index is 5.79. The molecule has 3 nitrogen and oxygen atoms in total. The van der Waals surface area contributed by atoms with Crippen LogP contribution in [0.15, 0.2) is 30.5 Å². The fourth-order valence-electron chi connectivity index (χ4n) is 2.05. The minimum absolute atomic E-state index is 0.761. The molecule has 1 aromatic carbocycles. The van der Waals surface area contributed by atoms with Gasteiger partial charge in [-0.05, 0) is 42.7 Å². The molecule has 0 amide bonds. The average molecular weight is 261 g/mol. The number of nitrogens with zero attached hydrogens (tertiary/aromatic N) is 2. The summed E-state index contributed by atoms with van der Waals surface area (Å²) in [6.07, 6.45) is 5.18. The number of nitrogen functional groups attached to an aromatic ring is 1. The highest BCUT2D eigenvalue weighted by molar-refractivity contribution is 7.98. The van der Waals surface area contributed by atoms with E-state index in [0.717, 1.165) is 17.7 Å². The maximum Gasteiger partial charge on any atom is 0.0743 e. The lowest BCUT2D eigenvalue weighted by Crippen LogP contribution is -2.19. The van der Waals surface area contributed by atoms with Crippen LogP contribution in [0.25, 0.3) is 10.9 Å². The van der Waals surface area contributed by atoms with Gasteiger partial charge >= 0.3 is 0 Å². The molecule has 2 N–H and O–H groups in total. The van der Waals surface area contributed by atoms with Crippen LogP contribution in [0.2, 0.25) is 0 Å². The number of thioether (sulfide) groups is 1. The first kappa shape index (κ1) is 13.0. The van der Waals surface area contributed by atoms with Crippen molar-refractivity contribution < 1.29 is 0 Å². The Morgan fingerprint density at radius 2 is 2.17 bits per heavy atom. The molecule has 0 aliphatic carbocycles. The van der Waals surface area contributed by atoms with Crippen molar-refractivity contribution in [3.63, 3.8) is 0 Å². The first-order valence-corrected chi connectivity index (χ1v) is 7.46. The van der Waals surface area contributed by atoms with Gasteiger partial charge in [0.05, 0.1) is 5.52 Å². The van der Waals surface area contributed by atoms with Gasteiger partial charge in [0, 0.05) is 36.6 Å². The second-order valence-corrected chi connectivity index (χ2v) is 5.36. The molecule has 0 atom stereocenters. The second-order valence-electron chi connectivity index (χ2n) is 4.37. The van der Waals surface area contributed by atoms with Crippen molar-refractivity contribution in [1.82, 2.24) is 4.98 Å². The van der Waals surface area contributed by atoms with Crippen molar-refractivity contribution in [3.8, 4) is 0 Å². The van der Waals surface area contributed by atoms with Gasteiger partial charge < -0.3 is 10.6 Å². The largest absolute Gasteiger partial charge is 0.399 e. The predicted molar refractivity (Wildman–Crippen MR) is 82.4 cm³/mol. The van der Waals surface area contributed by atoms with E-state index < -0.39 is 0 Å². The van der Waals surface area contributed by atoms with Crippen LogP contribution in [0.4, 0.5) is 11.4 Å². The molecule has 0 saturated carbocycles. The molecule has 0 aliphatic rings. The van der Waals surface area contributed by atoms with E-state index in [-0.39, 0.29) is 0 Å².